The largest absolute Gasteiger partial charge is 0.480 e. The smallest absolute Gasteiger partial charge is 0.320 e. The van der Waals surface area contributed by atoms with Crippen molar-refractivity contribution < 1.29 is 9.90 Å². The Bertz CT molecular complexity index is 222. The first-order valence-corrected chi connectivity index (χ1v) is 5.73. The second kappa shape index (κ2) is 3.58. The van der Waals surface area contributed by atoms with Crippen molar-refractivity contribution in [2.24, 2.45) is 5.92 Å². The quantitative estimate of drug-likeness (QED) is 0.689. The maximum atomic E-state index is 10.8. The molecule has 1 aliphatic carbocycles. The molecule has 3 nitrogen and oxygen atoms in total. The van der Waals surface area contributed by atoms with E-state index in [1.54, 1.807) is 0 Å². The van der Waals surface area contributed by atoms with Gasteiger partial charge < -0.3 is 10.4 Å². The van der Waals surface area contributed by atoms with Gasteiger partial charge in [0.25, 0.3) is 0 Å². The zero-order chi connectivity index (χ0) is 9.42. The molecule has 13 heavy (non-hydrogen) atoms. The molecule has 4 unspecified atom stereocenters. The highest BCUT2D eigenvalue weighted by molar-refractivity contribution is 9.09. The topological polar surface area (TPSA) is 49.3 Å². The molecule has 0 aromatic rings. The van der Waals surface area contributed by atoms with Crippen LogP contribution in [0.2, 0.25) is 0 Å². The zero-order valence-electron chi connectivity index (χ0n) is 7.37. The van der Waals surface area contributed by atoms with Crippen LogP contribution < -0.4 is 5.32 Å². The summed E-state index contributed by atoms with van der Waals surface area (Å²) in [6, 6.07) is 0.118. The highest BCUT2D eigenvalue weighted by atomic mass is 79.9. The van der Waals surface area contributed by atoms with Gasteiger partial charge in [0.1, 0.15) is 6.04 Å². The van der Waals surface area contributed by atoms with Crippen molar-refractivity contribution in [1.29, 1.82) is 0 Å². The Morgan fingerprint density at radius 3 is 2.85 bits per heavy atom. The second-order valence-electron chi connectivity index (χ2n) is 4.01. The van der Waals surface area contributed by atoms with Gasteiger partial charge in [0.05, 0.1) is 0 Å². The van der Waals surface area contributed by atoms with Crippen LogP contribution in [0, 0.1) is 5.92 Å². The van der Waals surface area contributed by atoms with E-state index in [4.69, 9.17) is 5.11 Å². The van der Waals surface area contributed by atoms with E-state index < -0.39 is 5.97 Å². The SMILES string of the molecule is O=C(O)C1CC2C(Br)CCCC2N1. The first-order chi connectivity index (χ1) is 6.18. The molecule has 0 spiro atoms. The minimum atomic E-state index is -0.700. The molecule has 4 heteroatoms. The first-order valence-electron chi connectivity index (χ1n) is 4.81. The average molecular weight is 248 g/mol. The molecule has 0 bridgehead atoms. The summed E-state index contributed by atoms with van der Waals surface area (Å²) in [5.41, 5.74) is 0. The lowest BCUT2D eigenvalue weighted by Crippen LogP contribution is -2.38. The van der Waals surface area contributed by atoms with Gasteiger partial charge in [-0.05, 0) is 25.2 Å². The molecular weight excluding hydrogens is 234 g/mol. The lowest BCUT2D eigenvalue weighted by atomic mass is 9.85. The fourth-order valence-corrected chi connectivity index (χ4v) is 3.41. The number of aliphatic carboxylic acids is 1. The molecule has 2 N–H and O–H groups in total. The molecular formula is C9H14BrNO2. The molecule has 1 saturated carbocycles. The maximum absolute atomic E-state index is 10.8. The lowest BCUT2D eigenvalue weighted by Gasteiger charge is -2.29. The first kappa shape index (κ1) is 9.46. The van der Waals surface area contributed by atoms with Crippen LogP contribution in [0.1, 0.15) is 25.7 Å². The van der Waals surface area contributed by atoms with Crippen LogP contribution in [0.4, 0.5) is 0 Å². The lowest BCUT2D eigenvalue weighted by molar-refractivity contribution is -0.139. The maximum Gasteiger partial charge on any atom is 0.320 e. The number of hydrogen-bond donors (Lipinski definition) is 2. The number of rotatable bonds is 1. The van der Waals surface area contributed by atoms with Crippen LogP contribution in [-0.2, 0) is 4.79 Å². The van der Waals surface area contributed by atoms with E-state index in [2.05, 4.69) is 21.2 Å². The van der Waals surface area contributed by atoms with Gasteiger partial charge in [0.15, 0.2) is 0 Å². The van der Waals surface area contributed by atoms with Gasteiger partial charge in [-0.15, -0.1) is 0 Å². The number of alkyl halides is 1. The summed E-state index contributed by atoms with van der Waals surface area (Å²) in [4.78, 5) is 11.3. The van der Waals surface area contributed by atoms with Gasteiger partial charge in [0, 0.05) is 10.9 Å². The van der Waals surface area contributed by atoms with Crippen LogP contribution in [0.15, 0.2) is 0 Å². The van der Waals surface area contributed by atoms with Crippen molar-refractivity contribution in [2.75, 3.05) is 0 Å². The van der Waals surface area contributed by atoms with E-state index in [1.165, 1.54) is 12.8 Å². The summed E-state index contributed by atoms with van der Waals surface area (Å²) in [6.45, 7) is 0. The molecule has 0 aromatic carbocycles. The van der Waals surface area contributed by atoms with Gasteiger partial charge in [-0.25, -0.2) is 0 Å². The summed E-state index contributed by atoms with van der Waals surface area (Å²) in [5.74, 6) is -0.177. The molecule has 74 valence electrons. The molecule has 0 radical (unpaired) electrons. The third-order valence-electron chi connectivity index (χ3n) is 3.20. The van der Waals surface area contributed by atoms with Crippen molar-refractivity contribution in [3.05, 3.63) is 0 Å². The van der Waals surface area contributed by atoms with Crippen molar-refractivity contribution in [1.82, 2.24) is 5.32 Å². The molecule has 2 rings (SSSR count). The second-order valence-corrected chi connectivity index (χ2v) is 5.19. The standard InChI is InChI=1S/C9H14BrNO2/c10-6-2-1-3-7-5(6)4-8(11-7)9(12)13/h5-8,11H,1-4H2,(H,12,13). The molecule has 1 heterocycles. The zero-order valence-corrected chi connectivity index (χ0v) is 8.96. The predicted octanol–water partition coefficient (Wildman–Crippen LogP) is 1.37. The van der Waals surface area contributed by atoms with E-state index in [0.717, 1.165) is 12.8 Å². The Labute approximate surface area is 86.0 Å². The van der Waals surface area contributed by atoms with Crippen LogP contribution in [0.3, 0.4) is 0 Å². The van der Waals surface area contributed by atoms with Gasteiger partial charge >= 0.3 is 5.97 Å². The molecule has 2 fully saturated rings. The molecule has 4 atom stereocenters. The monoisotopic (exact) mass is 247 g/mol. The fourth-order valence-electron chi connectivity index (χ4n) is 2.50. The minimum Gasteiger partial charge on any atom is -0.480 e. The van der Waals surface area contributed by atoms with Gasteiger partial charge in [-0.3, -0.25) is 4.79 Å². The minimum absolute atomic E-state index is 0.312. The van der Waals surface area contributed by atoms with Crippen molar-refractivity contribution in [2.45, 2.75) is 42.6 Å². The fraction of sp³-hybridized carbons (Fsp3) is 0.889. The Hall–Kier alpha value is -0.0900. The van der Waals surface area contributed by atoms with Crippen LogP contribution in [0.25, 0.3) is 0 Å². The highest BCUT2D eigenvalue weighted by Crippen LogP contribution is 2.37. The summed E-state index contributed by atoms with van der Waals surface area (Å²) in [7, 11) is 0. The van der Waals surface area contributed by atoms with Gasteiger partial charge in [0.2, 0.25) is 0 Å². The van der Waals surface area contributed by atoms with E-state index in [9.17, 15) is 4.79 Å². The van der Waals surface area contributed by atoms with Crippen molar-refractivity contribution in [3.63, 3.8) is 0 Å². The Morgan fingerprint density at radius 1 is 1.46 bits per heavy atom. The molecule has 2 aliphatic rings. The summed E-state index contributed by atoms with van der Waals surface area (Å²) >= 11 is 3.64. The van der Waals surface area contributed by atoms with Crippen molar-refractivity contribution in [3.8, 4) is 0 Å². The number of carboxylic acid groups (broad SMARTS) is 1. The van der Waals surface area contributed by atoms with E-state index >= 15 is 0 Å². The molecule has 0 aromatic heterocycles. The molecule has 1 aliphatic heterocycles. The summed E-state index contributed by atoms with van der Waals surface area (Å²) < 4.78 is 0. The molecule has 0 amide bonds. The number of hydrogen-bond acceptors (Lipinski definition) is 2. The number of nitrogens with one attached hydrogen (secondary N) is 1. The number of fused-ring (bicyclic) bond motifs is 1. The Kier molecular flexibility index (Phi) is 2.60. The van der Waals surface area contributed by atoms with E-state index in [0.29, 0.717) is 16.8 Å². The predicted molar refractivity (Wildman–Crippen MR) is 53.0 cm³/mol. The normalized spacial score (nSPS) is 44.4. The van der Waals surface area contributed by atoms with Crippen molar-refractivity contribution >= 4 is 21.9 Å². The number of halogens is 1. The van der Waals surface area contributed by atoms with Crippen LogP contribution in [0.5, 0.6) is 0 Å². The number of carboxylic acids is 1. The average Bonchev–Trinajstić information content (AvgIpc) is 2.49. The summed E-state index contributed by atoms with van der Waals surface area (Å²) in [5, 5.41) is 12.1. The highest BCUT2D eigenvalue weighted by Gasteiger charge is 2.42. The van der Waals surface area contributed by atoms with E-state index in [-0.39, 0.29) is 6.04 Å². The Morgan fingerprint density at radius 2 is 2.23 bits per heavy atom. The van der Waals surface area contributed by atoms with Gasteiger partial charge in [-0.1, -0.05) is 22.4 Å². The van der Waals surface area contributed by atoms with Gasteiger partial charge in [-0.2, -0.15) is 0 Å². The summed E-state index contributed by atoms with van der Waals surface area (Å²) in [6.07, 6.45) is 4.32. The Balaban J connectivity index is 2.04. The number of carbonyl (C=O) groups is 1. The van der Waals surface area contributed by atoms with E-state index in [1.807, 2.05) is 0 Å². The third kappa shape index (κ3) is 1.74. The van der Waals surface area contributed by atoms with Crippen LogP contribution >= 0.6 is 15.9 Å². The third-order valence-corrected chi connectivity index (χ3v) is 4.33. The van der Waals surface area contributed by atoms with Crippen LogP contribution in [-0.4, -0.2) is 28.0 Å². The molecule has 1 saturated heterocycles.